The molecule has 0 aromatic rings. The van der Waals surface area contributed by atoms with E-state index in [-0.39, 0.29) is 9.84 Å². The van der Waals surface area contributed by atoms with Crippen LogP contribution in [0, 0.1) is 0 Å². The van der Waals surface area contributed by atoms with Gasteiger partial charge in [0.05, 0.1) is 0 Å². The van der Waals surface area contributed by atoms with E-state index in [9.17, 15) is 0 Å². The Morgan fingerprint density at radius 2 is 1.38 bits per heavy atom. The van der Waals surface area contributed by atoms with Crippen molar-refractivity contribution in [3.8, 4) is 0 Å². The highest BCUT2D eigenvalue weighted by Crippen LogP contribution is 2.20. The molecule has 2 aliphatic rings. The Morgan fingerprint density at radius 1 is 0.923 bits per heavy atom. The van der Waals surface area contributed by atoms with Crippen LogP contribution in [0.15, 0.2) is 0 Å². The third kappa shape index (κ3) is 2.14. The first-order valence-corrected chi connectivity index (χ1v) is 7.02. The highest BCUT2D eigenvalue weighted by molar-refractivity contribution is 6.28. The van der Waals surface area contributed by atoms with Gasteiger partial charge >= 0.3 is 0 Å². The molecule has 0 radical (unpaired) electrons. The van der Waals surface area contributed by atoms with Crippen molar-refractivity contribution in [2.75, 3.05) is 13.1 Å². The zero-order valence-electron chi connectivity index (χ0n) is 9.00. The van der Waals surface area contributed by atoms with Crippen molar-refractivity contribution in [3.63, 3.8) is 0 Å². The van der Waals surface area contributed by atoms with E-state index in [0.717, 1.165) is 12.1 Å². The van der Waals surface area contributed by atoms with Crippen molar-refractivity contribution in [1.29, 1.82) is 0 Å². The van der Waals surface area contributed by atoms with Crippen molar-refractivity contribution >= 4 is 9.84 Å². The van der Waals surface area contributed by atoms with Crippen LogP contribution in [0.4, 0.5) is 0 Å². The monoisotopic (exact) mass is 198 g/mol. The molecule has 0 bridgehead atoms. The van der Waals surface area contributed by atoms with Gasteiger partial charge in [0.25, 0.3) is 0 Å². The fraction of sp³-hybridized carbons (Fsp3) is 1.00. The van der Waals surface area contributed by atoms with Gasteiger partial charge in [-0.1, -0.05) is 13.8 Å². The molecule has 13 heavy (non-hydrogen) atoms. The topological polar surface area (TPSA) is 6.48 Å². The molecular weight excluding hydrogens is 176 g/mol. The normalized spacial score (nSPS) is 38.3. The van der Waals surface area contributed by atoms with Gasteiger partial charge in [-0.2, -0.15) is 0 Å². The zero-order chi connectivity index (χ0) is 9.26. The van der Waals surface area contributed by atoms with E-state index >= 15 is 0 Å². The molecule has 2 saturated heterocycles. The Labute approximate surface area is 84.3 Å². The van der Waals surface area contributed by atoms with Crippen LogP contribution in [0.1, 0.15) is 39.5 Å². The molecule has 0 saturated carbocycles. The van der Waals surface area contributed by atoms with E-state index < -0.39 is 0 Å². The summed E-state index contributed by atoms with van der Waals surface area (Å²) in [6, 6.07) is 1.78. The first kappa shape index (κ1) is 9.68. The quantitative estimate of drug-likeness (QED) is 0.610. The number of nitrogens with zero attached hydrogens (tertiary/aromatic N) is 2. The summed E-state index contributed by atoms with van der Waals surface area (Å²) in [7, 11) is -0.0640. The Balaban J connectivity index is 1.82. The van der Waals surface area contributed by atoms with Gasteiger partial charge in [0.1, 0.15) is 0 Å². The lowest BCUT2D eigenvalue weighted by Gasteiger charge is -2.29. The van der Waals surface area contributed by atoms with Gasteiger partial charge in [0.2, 0.25) is 0 Å². The molecule has 0 aliphatic carbocycles. The molecule has 3 heteroatoms. The molecule has 76 valence electrons. The van der Waals surface area contributed by atoms with E-state index in [1.807, 2.05) is 0 Å². The highest BCUT2D eigenvalue weighted by Gasteiger charge is 2.26. The fourth-order valence-electron chi connectivity index (χ4n) is 2.64. The van der Waals surface area contributed by atoms with Crippen molar-refractivity contribution in [3.05, 3.63) is 0 Å². The molecule has 0 aromatic heterocycles. The molecule has 2 nitrogen and oxygen atoms in total. The predicted octanol–water partition coefficient (Wildman–Crippen LogP) is 0.954. The maximum atomic E-state index is 2.78. The molecule has 2 rings (SSSR count). The Kier molecular flexibility index (Phi) is 3.06. The lowest BCUT2D eigenvalue weighted by Crippen LogP contribution is -2.44. The third-order valence-corrected chi connectivity index (χ3v) is 6.35. The van der Waals surface area contributed by atoms with Crippen LogP contribution in [0.3, 0.4) is 0 Å². The number of hydrogen-bond acceptors (Lipinski definition) is 2. The van der Waals surface area contributed by atoms with Crippen LogP contribution in [0.25, 0.3) is 0 Å². The lowest BCUT2D eigenvalue weighted by atomic mass is 10.3. The third-order valence-electron chi connectivity index (χ3n) is 3.74. The summed E-state index contributed by atoms with van der Waals surface area (Å²) in [5.74, 6) is 0. The van der Waals surface area contributed by atoms with Crippen molar-refractivity contribution in [2.24, 2.45) is 0 Å². The Bertz CT molecular complexity index is 156. The number of rotatable bonds is 2. The second-order valence-electron chi connectivity index (χ2n) is 4.75. The molecule has 2 heterocycles. The minimum Gasteiger partial charge on any atom is -0.314 e. The fourth-order valence-corrected chi connectivity index (χ4v) is 4.76. The van der Waals surface area contributed by atoms with Crippen LogP contribution >= 0.6 is 0 Å². The minimum atomic E-state index is -0.0640. The Morgan fingerprint density at radius 3 is 1.69 bits per heavy atom. The first-order chi connectivity index (χ1) is 6.27. The largest absolute Gasteiger partial charge is 0.314 e. The second kappa shape index (κ2) is 4.11. The summed E-state index contributed by atoms with van der Waals surface area (Å²) in [4.78, 5) is 0. The van der Waals surface area contributed by atoms with Crippen LogP contribution in [0.2, 0.25) is 0 Å². The average Bonchev–Trinajstić information content (AvgIpc) is 2.65. The number of hydrogen-bond donors (Lipinski definition) is 0. The van der Waals surface area contributed by atoms with Gasteiger partial charge < -0.3 is 9.13 Å². The summed E-state index contributed by atoms with van der Waals surface area (Å²) < 4.78 is 5.56. The molecule has 2 fully saturated rings. The van der Waals surface area contributed by atoms with Crippen LogP contribution in [-0.2, 0) is 0 Å². The summed E-state index contributed by atoms with van der Waals surface area (Å²) >= 11 is 0. The molecule has 2 atom stereocenters. The van der Waals surface area contributed by atoms with Crippen LogP contribution in [0.5, 0.6) is 0 Å². The van der Waals surface area contributed by atoms with Crippen LogP contribution < -0.4 is 0 Å². The maximum absolute atomic E-state index is 2.78. The van der Waals surface area contributed by atoms with Gasteiger partial charge in [-0.25, -0.2) is 0 Å². The van der Waals surface area contributed by atoms with Crippen molar-refractivity contribution in [1.82, 2.24) is 9.13 Å². The average molecular weight is 198 g/mol. The summed E-state index contributed by atoms with van der Waals surface area (Å²) in [6.45, 7) is 7.58. The van der Waals surface area contributed by atoms with Gasteiger partial charge in [-0.05, 0) is 38.8 Å². The predicted molar refractivity (Wildman–Crippen MR) is 59.3 cm³/mol. The highest BCUT2D eigenvalue weighted by atomic mass is 28.2. The van der Waals surface area contributed by atoms with E-state index in [1.165, 1.54) is 38.8 Å². The molecule has 0 amide bonds. The van der Waals surface area contributed by atoms with Gasteiger partial charge in [0.15, 0.2) is 9.84 Å². The zero-order valence-corrected chi connectivity index (χ0v) is 10.4. The first-order valence-electron chi connectivity index (χ1n) is 5.75. The second-order valence-corrected chi connectivity index (χ2v) is 6.66. The standard InChI is InChI=1S/C10H22N2Si/c1-9-5-3-7-11(9)13-12-8-4-6-10(12)2/h9-10H,3-8,13H2,1-2H3. The summed E-state index contributed by atoms with van der Waals surface area (Å²) in [5.41, 5.74) is 0. The molecule has 0 aromatic carbocycles. The van der Waals surface area contributed by atoms with Gasteiger partial charge in [-0.3, -0.25) is 0 Å². The van der Waals surface area contributed by atoms with E-state index in [0.29, 0.717) is 0 Å². The van der Waals surface area contributed by atoms with Gasteiger partial charge in [-0.15, -0.1) is 0 Å². The summed E-state index contributed by atoms with van der Waals surface area (Å²) in [6.07, 6.45) is 5.76. The van der Waals surface area contributed by atoms with E-state index in [2.05, 4.69) is 23.0 Å². The molecule has 0 spiro atoms. The van der Waals surface area contributed by atoms with Crippen LogP contribution in [-0.4, -0.2) is 44.1 Å². The van der Waals surface area contributed by atoms with Crippen molar-refractivity contribution in [2.45, 2.75) is 51.6 Å². The Hall–Kier alpha value is 0.137. The smallest absolute Gasteiger partial charge is 0.173 e. The van der Waals surface area contributed by atoms with E-state index in [4.69, 9.17) is 0 Å². The molecule has 2 unspecified atom stereocenters. The molecule has 0 N–H and O–H groups in total. The summed E-state index contributed by atoms with van der Waals surface area (Å²) in [5, 5.41) is 0. The maximum Gasteiger partial charge on any atom is 0.173 e. The van der Waals surface area contributed by atoms with Gasteiger partial charge in [0, 0.05) is 12.1 Å². The minimum absolute atomic E-state index is 0.0640. The lowest BCUT2D eigenvalue weighted by molar-refractivity contribution is 0.354. The van der Waals surface area contributed by atoms with Crippen molar-refractivity contribution < 1.29 is 0 Å². The SMILES string of the molecule is CC1CCCN1[SiH2]N1CCCC1C. The van der Waals surface area contributed by atoms with E-state index in [1.54, 1.807) is 0 Å². The molecular formula is C10H22N2Si. The molecule has 2 aliphatic heterocycles.